The zero-order chi connectivity index (χ0) is 12.4. The van der Waals surface area contributed by atoms with E-state index in [0.717, 1.165) is 12.1 Å². The van der Waals surface area contributed by atoms with E-state index in [1.165, 1.54) is 12.3 Å². The molecule has 0 unspecified atom stereocenters. The normalized spacial score (nSPS) is 10.2. The molecule has 88 valence electrons. The maximum atomic E-state index is 12.9. The molecule has 0 spiro atoms. The van der Waals surface area contributed by atoms with Gasteiger partial charge in [0.2, 0.25) is 0 Å². The number of amides is 1. The topological polar surface area (TPSA) is 83.8 Å². The maximum absolute atomic E-state index is 12.9. The van der Waals surface area contributed by atoms with Crippen molar-refractivity contribution in [3.63, 3.8) is 0 Å². The highest BCUT2D eigenvalue weighted by Crippen LogP contribution is 2.15. The Morgan fingerprint density at radius 2 is 2.12 bits per heavy atom. The van der Waals surface area contributed by atoms with Crippen LogP contribution in [0.1, 0.15) is 10.4 Å². The molecule has 7 heteroatoms. The van der Waals surface area contributed by atoms with Crippen molar-refractivity contribution in [3.05, 3.63) is 41.6 Å². The Balaban J connectivity index is 2.20. The molecule has 4 N–H and O–H groups in total. The molecule has 17 heavy (non-hydrogen) atoms. The van der Waals surface area contributed by atoms with Crippen LogP contribution >= 0.6 is 0 Å². The van der Waals surface area contributed by atoms with Crippen LogP contribution in [0.25, 0.3) is 0 Å². The first-order valence-electron chi connectivity index (χ1n) is 4.63. The van der Waals surface area contributed by atoms with E-state index in [1.807, 2.05) is 0 Å². The molecule has 0 saturated heterocycles. The highest BCUT2D eigenvalue weighted by atomic mass is 19.2. The third-order valence-electron chi connectivity index (χ3n) is 2.09. The first kappa shape index (κ1) is 11.1. The summed E-state index contributed by atoms with van der Waals surface area (Å²) in [6.45, 7) is 0. The molecule has 2 aromatic rings. The number of halogens is 2. The van der Waals surface area contributed by atoms with E-state index in [2.05, 4.69) is 15.5 Å². The molecular formula is C10H8F2N4O. The number of H-pyrrole nitrogens is 1. The lowest BCUT2D eigenvalue weighted by Gasteiger charge is -2.03. The number of hydrogen-bond donors (Lipinski definition) is 3. The van der Waals surface area contributed by atoms with Crippen molar-refractivity contribution in [2.45, 2.75) is 0 Å². The SMILES string of the molecule is Nc1cn[nH]c1NC(=O)c1ccc(F)c(F)c1. The van der Waals surface area contributed by atoms with Gasteiger partial charge in [-0.1, -0.05) is 0 Å². The molecule has 1 heterocycles. The minimum absolute atomic E-state index is 0.0158. The molecule has 0 bridgehead atoms. The molecular weight excluding hydrogens is 230 g/mol. The van der Waals surface area contributed by atoms with E-state index in [4.69, 9.17) is 5.73 Å². The van der Waals surface area contributed by atoms with Gasteiger partial charge in [-0.3, -0.25) is 9.89 Å². The number of nitrogens with two attached hydrogens (primary N) is 1. The lowest BCUT2D eigenvalue weighted by molar-refractivity contribution is 0.102. The fraction of sp³-hybridized carbons (Fsp3) is 0. The summed E-state index contributed by atoms with van der Waals surface area (Å²) in [6.07, 6.45) is 1.32. The van der Waals surface area contributed by atoms with Crippen molar-refractivity contribution in [3.8, 4) is 0 Å². The number of rotatable bonds is 2. The highest BCUT2D eigenvalue weighted by molar-refractivity contribution is 6.04. The number of hydrogen-bond acceptors (Lipinski definition) is 3. The fourth-order valence-electron chi connectivity index (χ4n) is 1.22. The van der Waals surface area contributed by atoms with E-state index in [0.29, 0.717) is 0 Å². The van der Waals surface area contributed by atoms with Crippen molar-refractivity contribution in [2.75, 3.05) is 11.1 Å². The van der Waals surface area contributed by atoms with Crippen LogP contribution < -0.4 is 11.1 Å². The minimum atomic E-state index is -1.09. The van der Waals surface area contributed by atoms with Gasteiger partial charge < -0.3 is 11.1 Å². The molecule has 1 aromatic heterocycles. The molecule has 0 aliphatic carbocycles. The number of carbonyl (C=O) groups is 1. The van der Waals surface area contributed by atoms with Gasteiger partial charge in [-0.25, -0.2) is 8.78 Å². The summed E-state index contributed by atoms with van der Waals surface area (Å²) in [5, 5.41) is 8.44. The Morgan fingerprint density at radius 1 is 1.35 bits per heavy atom. The number of benzene rings is 1. The number of nitrogens with one attached hydrogen (secondary N) is 2. The van der Waals surface area contributed by atoms with Gasteiger partial charge in [-0.15, -0.1) is 0 Å². The molecule has 0 atom stereocenters. The van der Waals surface area contributed by atoms with E-state index >= 15 is 0 Å². The van der Waals surface area contributed by atoms with Crippen LogP contribution in [-0.4, -0.2) is 16.1 Å². The molecule has 0 aliphatic heterocycles. The number of anilines is 2. The van der Waals surface area contributed by atoms with E-state index in [9.17, 15) is 13.6 Å². The van der Waals surface area contributed by atoms with Crippen LogP contribution in [0.5, 0.6) is 0 Å². The number of carbonyl (C=O) groups excluding carboxylic acids is 1. The van der Waals surface area contributed by atoms with Crippen LogP contribution in [-0.2, 0) is 0 Å². The van der Waals surface area contributed by atoms with Crippen molar-refractivity contribution >= 4 is 17.4 Å². The van der Waals surface area contributed by atoms with Crippen molar-refractivity contribution < 1.29 is 13.6 Å². The van der Waals surface area contributed by atoms with E-state index in [-0.39, 0.29) is 17.1 Å². The van der Waals surface area contributed by atoms with Gasteiger partial charge in [0.1, 0.15) is 0 Å². The van der Waals surface area contributed by atoms with Gasteiger partial charge in [0.05, 0.1) is 11.9 Å². The van der Waals surface area contributed by atoms with Crippen molar-refractivity contribution in [1.29, 1.82) is 0 Å². The lowest BCUT2D eigenvalue weighted by Crippen LogP contribution is -2.13. The first-order valence-corrected chi connectivity index (χ1v) is 4.63. The summed E-state index contributed by atoms with van der Waals surface area (Å²) in [5.41, 5.74) is 5.71. The van der Waals surface area contributed by atoms with Crippen LogP contribution in [0, 0.1) is 11.6 Å². The molecule has 2 rings (SSSR count). The zero-order valence-corrected chi connectivity index (χ0v) is 8.50. The molecule has 0 fully saturated rings. The van der Waals surface area contributed by atoms with Gasteiger partial charge in [-0.05, 0) is 18.2 Å². The average molecular weight is 238 g/mol. The summed E-state index contributed by atoms with van der Waals surface area (Å²) in [6, 6.07) is 2.85. The first-order chi connectivity index (χ1) is 8.08. The largest absolute Gasteiger partial charge is 0.394 e. The summed E-state index contributed by atoms with van der Waals surface area (Å²) in [4.78, 5) is 11.6. The molecule has 0 aliphatic rings. The summed E-state index contributed by atoms with van der Waals surface area (Å²) in [7, 11) is 0. The Bertz CT molecular complexity index is 567. The molecule has 0 saturated carbocycles. The summed E-state index contributed by atoms with van der Waals surface area (Å²) in [5.74, 6) is -2.50. The third kappa shape index (κ3) is 2.22. The van der Waals surface area contributed by atoms with E-state index < -0.39 is 17.5 Å². The Kier molecular flexibility index (Phi) is 2.73. The fourth-order valence-corrected chi connectivity index (χ4v) is 1.22. The van der Waals surface area contributed by atoms with Gasteiger partial charge >= 0.3 is 0 Å². The second-order valence-corrected chi connectivity index (χ2v) is 3.28. The monoisotopic (exact) mass is 238 g/mol. The van der Waals surface area contributed by atoms with Gasteiger partial charge in [0.15, 0.2) is 17.5 Å². The van der Waals surface area contributed by atoms with Crippen LogP contribution in [0.2, 0.25) is 0 Å². The standard InChI is InChI=1S/C10H8F2N4O/c11-6-2-1-5(3-7(6)12)10(17)15-9-8(13)4-14-16-9/h1-4H,13H2,(H2,14,15,16,17). The third-order valence-corrected chi connectivity index (χ3v) is 2.09. The van der Waals surface area contributed by atoms with Crippen LogP contribution in [0.3, 0.4) is 0 Å². The number of nitrogens with zero attached hydrogens (tertiary/aromatic N) is 1. The Hall–Kier alpha value is -2.44. The number of aromatic nitrogens is 2. The van der Waals surface area contributed by atoms with Gasteiger partial charge in [-0.2, -0.15) is 5.10 Å². The van der Waals surface area contributed by atoms with Crippen molar-refractivity contribution in [2.24, 2.45) is 0 Å². The highest BCUT2D eigenvalue weighted by Gasteiger charge is 2.11. The second kappa shape index (κ2) is 4.20. The molecule has 1 aromatic carbocycles. The number of nitrogen functional groups attached to an aromatic ring is 1. The Morgan fingerprint density at radius 3 is 2.71 bits per heavy atom. The predicted octanol–water partition coefficient (Wildman–Crippen LogP) is 1.52. The van der Waals surface area contributed by atoms with Crippen molar-refractivity contribution in [1.82, 2.24) is 10.2 Å². The molecule has 0 radical (unpaired) electrons. The number of aromatic amines is 1. The lowest BCUT2D eigenvalue weighted by atomic mass is 10.2. The quantitative estimate of drug-likeness (QED) is 0.741. The molecule has 1 amide bonds. The second-order valence-electron chi connectivity index (χ2n) is 3.28. The zero-order valence-electron chi connectivity index (χ0n) is 8.50. The van der Waals surface area contributed by atoms with Gasteiger partial charge in [0.25, 0.3) is 5.91 Å². The van der Waals surface area contributed by atoms with Crippen LogP contribution in [0.15, 0.2) is 24.4 Å². The van der Waals surface area contributed by atoms with Crippen LogP contribution in [0.4, 0.5) is 20.3 Å². The average Bonchev–Trinajstić information content (AvgIpc) is 2.68. The van der Waals surface area contributed by atoms with Gasteiger partial charge in [0, 0.05) is 5.56 Å². The summed E-state index contributed by atoms with van der Waals surface area (Å²) >= 11 is 0. The van der Waals surface area contributed by atoms with E-state index in [1.54, 1.807) is 0 Å². The minimum Gasteiger partial charge on any atom is -0.394 e. The predicted molar refractivity (Wildman–Crippen MR) is 57.3 cm³/mol. The molecule has 5 nitrogen and oxygen atoms in total. The Labute approximate surface area is 94.6 Å². The summed E-state index contributed by atoms with van der Waals surface area (Å²) < 4.78 is 25.6. The smallest absolute Gasteiger partial charge is 0.256 e. The maximum Gasteiger partial charge on any atom is 0.256 e.